The summed E-state index contributed by atoms with van der Waals surface area (Å²) in [5.41, 5.74) is 0. The topological polar surface area (TPSA) is 18.5 Å². The van der Waals surface area contributed by atoms with Gasteiger partial charge >= 0.3 is 0 Å². The molecule has 1 N–H and O–H groups in total. The maximum atomic E-state index is 3.67. The van der Waals surface area contributed by atoms with E-state index in [1.165, 1.54) is 38.9 Å². The largest absolute Gasteiger partial charge is 0.312 e. The average molecular weight is 211 g/mol. The first kappa shape index (κ1) is 11.4. The van der Waals surface area contributed by atoms with Crippen LogP contribution in [0.1, 0.15) is 19.3 Å². The monoisotopic (exact) mass is 211 g/mol. The highest BCUT2D eigenvalue weighted by atomic mass is 15.2. The van der Waals surface area contributed by atoms with Crippen molar-refractivity contribution in [3.05, 3.63) is 0 Å². The molecule has 0 radical (unpaired) electrons. The maximum Gasteiger partial charge on any atom is 0.0255 e. The van der Waals surface area contributed by atoms with E-state index in [1.54, 1.807) is 0 Å². The van der Waals surface area contributed by atoms with E-state index in [0.717, 1.165) is 18.0 Å². The van der Waals surface area contributed by atoms with Crippen LogP contribution in [0.25, 0.3) is 0 Å². The summed E-state index contributed by atoms with van der Waals surface area (Å²) in [6.07, 6.45) is 4.15. The van der Waals surface area contributed by atoms with Gasteiger partial charge in [0.15, 0.2) is 0 Å². The van der Waals surface area contributed by atoms with Crippen molar-refractivity contribution in [2.45, 2.75) is 31.3 Å². The highest BCUT2D eigenvalue weighted by Crippen LogP contribution is 2.23. The fourth-order valence-electron chi connectivity index (χ4n) is 2.63. The van der Waals surface area contributed by atoms with Gasteiger partial charge in [-0.25, -0.2) is 0 Å². The van der Waals surface area contributed by atoms with Crippen molar-refractivity contribution in [3.63, 3.8) is 0 Å². The van der Waals surface area contributed by atoms with Gasteiger partial charge in [-0.2, -0.15) is 0 Å². The van der Waals surface area contributed by atoms with Crippen molar-refractivity contribution in [3.8, 4) is 0 Å². The summed E-state index contributed by atoms with van der Waals surface area (Å²) in [6.45, 7) is 3.73. The highest BCUT2D eigenvalue weighted by Gasteiger charge is 2.30. The standard InChI is InChI=1S/C12H25N3/c1-14(2)12(8-13-11-4-5-11)10-6-7-15(3)9-10/h10-13H,4-9H2,1-3H3. The zero-order chi connectivity index (χ0) is 10.8. The van der Waals surface area contributed by atoms with Gasteiger partial charge in [-0.15, -0.1) is 0 Å². The van der Waals surface area contributed by atoms with Gasteiger partial charge < -0.3 is 15.1 Å². The van der Waals surface area contributed by atoms with Crippen molar-refractivity contribution in [2.24, 2.45) is 5.92 Å². The van der Waals surface area contributed by atoms with Crippen molar-refractivity contribution in [1.29, 1.82) is 0 Å². The summed E-state index contributed by atoms with van der Waals surface area (Å²) in [5, 5.41) is 3.67. The first-order valence-electron chi connectivity index (χ1n) is 6.25. The second-order valence-electron chi connectivity index (χ2n) is 5.52. The maximum absolute atomic E-state index is 3.67. The molecule has 1 heterocycles. The minimum atomic E-state index is 0.718. The lowest BCUT2D eigenvalue weighted by molar-refractivity contribution is 0.204. The molecule has 0 amide bonds. The average Bonchev–Trinajstić information content (AvgIpc) is 2.89. The molecule has 0 aromatic rings. The second kappa shape index (κ2) is 4.81. The van der Waals surface area contributed by atoms with Crippen molar-refractivity contribution >= 4 is 0 Å². The molecule has 1 aliphatic carbocycles. The van der Waals surface area contributed by atoms with Crippen LogP contribution in [0.3, 0.4) is 0 Å². The summed E-state index contributed by atoms with van der Waals surface area (Å²) in [4.78, 5) is 4.86. The highest BCUT2D eigenvalue weighted by molar-refractivity contribution is 4.88. The first-order valence-corrected chi connectivity index (χ1v) is 6.25. The van der Waals surface area contributed by atoms with E-state index in [4.69, 9.17) is 0 Å². The van der Waals surface area contributed by atoms with Crippen LogP contribution in [0.5, 0.6) is 0 Å². The minimum Gasteiger partial charge on any atom is -0.312 e. The number of hydrogen-bond acceptors (Lipinski definition) is 3. The Morgan fingerprint density at radius 1 is 1.33 bits per heavy atom. The van der Waals surface area contributed by atoms with Crippen LogP contribution in [0, 0.1) is 5.92 Å². The van der Waals surface area contributed by atoms with E-state index in [1.807, 2.05) is 0 Å². The quantitative estimate of drug-likeness (QED) is 0.719. The second-order valence-corrected chi connectivity index (χ2v) is 5.52. The molecule has 3 nitrogen and oxygen atoms in total. The Morgan fingerprint density at radius 2 is 2.07 bits per heavy atom. The molecule has 0 spiro atoms. The van der Waals surface area contributed by atoms with Crippen LogP contribution in [0.4, 0.5) is 0 Å². The van der Waals surface area contributed by atoms with E-state index in [9.17, 15) is 0 Å². The van der Waals surface area contributed by atoms with Crippen LogP contribution >= 0.6 is 0 Å². The van der Waals surface area contributed by atoms with Gasteiger partial charge in [-0.3, -0.25) is 0 Å². The number of nitrogens with one attached hydrogen (secondary N) is 1. The van der Waals surface area contributed by atoms with Crippen LogP contribution < -0.4 is 5.32 Å². The Bertz CT molecular complexity index is 201. The van der Waals surface area contributed by atoms with E-state index in [2.05, 4.69) is 36.3 Å². The third-order valence-corrected chi connectivity index (χ3v) is 3.83. The van der Waals surface area contributed by atoms with Gasteiger partial charge in [-0.1, -0.05) is 0 Å². The molecule has 1 saturated heterocycles. The van der Waals surface area contributed by atoms with Crippen molar-refractivity contribution < 1.29 is 0 Å². The molecule has 2 rings (SSSR count). The Hall–Kier alpha value is -0.120. The normalized spacial score (nSPS) is 30.0. The lowest BCUT2D eigenvalue weighted by atomic mass is 9.98. The zero-order valence-corrected chi connectivity index (χ0v) is 10.4. The Balaban J connectivity index is 1.81. The first-order chi connectivity index (χ1) is 7.16. The van der Waals surface area contributed by atoms with Crippen molar-refractivity contribution in [2.75, 3.05) is 40.8 Å². The molecule has 1 aliphatic heterocycles. The fraction of sp³-hybridized carbons (Fsp3) is 1.00. The Labute approximate surface area is 93.8 Å². The summed E-state index contributed by atoms with van der Waals surface area (Å²) >= 11 is 0. The molecule has 2 fully saturated rings. The van der Waals surface area contributed by atoms with Gasteiger partial charge in [0.25, 0.3) is 0 Å². The zero-order valence-electron chi connectivity index (χ0n) is 10.4. The van der Waals surface area contributed by atoms with Gasteiger partial charge in [0.1, 0.15) is 0 Å². The van der Waals surface area contributed by atoms with E-state index >= 15 is 0 Å². The smallest absolute Gasteiger partial charge is 0.0255 e. The summed E-state index contributed by atoms with van der Waals surface area (Å²) in [5.74, 6) is 0.858. The molecular weight excluding hydrogens is 186 g/mol. The lowest BCUT2D eigenvalue weighted by Gasteiger charge is -2.30. The molecule has 0 bridgehead atoms. The molecule has 3 heteroatoms. The minimum absolute atomic E-state index is 0.718. The number of nitrogens with zero attached hydrogens (tertiary/aromatic N) is 2. The van der Waals surface area contributed by atoms with Gasteiger partial charge in [0.2, 0.25) is 0 Å². The van der Waals surface area contributed by atoms with E-state index in [0.29, 0.717) is 0 Å². The van der Waals surface area contributed by atoms with Gasteiger partial charge in [0.05, 0.1) is 0 Å². The number of hydrogen-bond donors (Lipinski definition) is 1. The van der Waals surface area contributed by atoms with Crippen LogP contribution in [0.2, 0.25) is 0 Å². The summed E-state index contributed by atoms with van der Waals surface area (Å²) < 4.78 is 0. The fourth-order valence-corrected chi connectivity index (χ4v) is 2.63. The molecule has 88 valence electrons. The molecule has 2 unspecified atom stereocenters. The number of rotatable bonds is 5. The molecular formula is C12H25N3. The predicted octanol–water partition coefficient (Wildman–Crippen LogP) is 0.620. The molecule has 2 atom stereocenters. The van der Waals surface area contributed by atoms with Gasteiger partial charge in [-0.05, 0) is 52.9 Å². The third kappa shape index (κ3) is 3.16. The molecule has 2 aliphatic rings. The van der Waals surface area contributed by atoms with Crippen LogP contribution in [-0.4, -0.2) is 62.7 Å². The lowest BCUT2D eigenvalue weighted by Crippen LogP contribution is -2.44. The van der Waals surface area contributed by atoms with Crippen LogP contribution in [0.15, 0.2) is 0 Å². The number of likely N-dealkylation sites (tertiary alicyclic amines) is 1. The van der Waals surface area contributed by atoms with E-state index in [-0.39, 0.29) is 0 Å². The number of likely N-dealkylation sites (N-methyl/N-ethyl adjacent to an activating group) is 1. The van der Waals surface area contributed by atoms with E-state index < -0.39 is 0 Å². The summed E-state index contributed by atoms with van der Waals surface area (Å²) in [6, 6.07) is 1.56. The predicted molar refractivity (Wildman–Crippen MR) is 64.1 cm³/mol. The molecule has 15 heavy (non-hydrogen) atoms. The third-order valence-electron chi connectivity index (χ3n) is 3.83. The van der Waals surface area contributed by atoms with Gasteiger partial charge in [0, 0.05) is 25.2 Å². The SMILES string of the molecule is CN1CCC(C(CNC2CC2)N(C)C)C1. The molecule has 0 aromatic carbocycles. The Kier molecular flexibility index (Phi) is 3.65. The molecule has 0 aromatic heterocycles. The summed E-state index contributed by atoms with van der Waals surface area (Å²) in [7, 11) is 6.68. The molecule has 1 saturated carbocycles. The Morgan fingerprint density at radius 3 is 2.53 bits per heavy atom. The van der Waals surface area contributed by atoms with Crippen molar-refractivity contribution in [1.82, 2.24) is 15.1 Å². The van der Waals surface area contributed by atoms with Crippen LogP contribution in [-0.2, 0) is 0 Å².